The van der Waals surface area contributed by atoms with Crippen LogP contribution in [0.25, 0.3) is 11.1 Å². The first-order valence-corrected chi connectivity index (χ1v) is 8.95. The maximum Gasteiger partial charge on any atom is 0.240 e. The van der Waals surface area contributed by atoms with Gasteiger partial charge < -0.3 is 10.8 Å². The molecule has 23 heavy (non-hydrogen) atoms. The van der Waals surface area contributed by atoms with Crippen LogP contribution in [0.2, 0.25) is 0 Å². The average molecular weight is 334 g/mol. The van der Waals surface area contributed by atoms with E-state index in [0.717, 1.165) is 16.7 Å². The minimum absolute atomic E-state index is 0.174. The van der Waals surface area contributed by atoms with E-state index in [1.165, 1.54) is 0 Å². The number of aliphatic hydroxyl groups excluding tert-OH is 1. The lowest BCUT2D eigenvalue weighted by Crippen LogP contribution is -2.36. The third kappa shape index (κ3) is 4.10. The fourth-order valence-electron chi connectivity index (χ4n) is 2.18. The minimum Gasteiger partial charge on any atom is -0.398 e. The van der Waals surface area contributed by atoms with E-state index >= 15 is 0 Å². The summed E-state index contributed by atoms with van der Waals surface area (Å²) in [6.07, 6.45) is 0.524. The maximum atomic E-state index is 12.3. The fraction of sp³-hybridized carbons (Fsp3) is 0.294. The molecule has 0 aliphatic heterocycles. The van der Waals surface area contributed by atoms with Crippen LogP contribution in [0.3, 0.4) is 0 Å². The minimum atomic E-state index is -3.63. The molecule has 1 unspecified atom stereocenters. The maximum absolute atomic E-state index is 12.3. The molecule has 0 saturated heterocycles. The molecule has 6 heteroatoms. The number of aliphatic hydroxyl groups is 1. The molecule has 0 heterocycles. The van der Waals surface area contributed by atoms with Gasteiger partial charge in [0.2, 0.25) is 10.0 Å². The number of anilines is 1. The first kappa shape index (κ1) is 17.5. The number of nitrogens with one attached hydrogen (secondary N) is 1. The Bertz CT molecular complexity index is 767. The van der Waals surface area contributed by atoms with Crippen molar-refractivity contribution in [1.29, 1.82) is 0 Å². The number of aryl methyl sites for hydroxylation is 1. The monoisotopic (exact) mass is 334 g/mol. The van der Waals surface area contributed by atoms with E-state index in [2.05, 4.69) is 4.72 Å². The highest BCUT2D eigenvalue weighted by atomic mass is 32.2. The number of nitrogen functional groups attached to an aromatic ring is 1. The molecule has 1 atom stereocenters. The van der Waals surface area contributed by atoms with Crippen molar-refractivity contribution in [2.75, 3.05) is 12.3 Å². The fourth-order valence-corrected chi connectivity index (χ4v) is 3.49. The van der Waals surface area contributed by atoms with Crippen molar-refractivity contribution in [2.45, 2.75) is 31.2 Å². The van der Waals surface area contributed by atoms with Gasteiger partial charge in [0.05, 0.1) is 11.5 Å². The predicted molar refractivity (Wildman–Crippen MR) is 92.5 cm³/mol. The van der Waals surface area contributed by atoms with E-state index in [0.29, 0.717) is 12.1 Å². The molecular formula is C17H22N2O3S. The van der Waals surface area contributed by atoms with Gasteiger partial charge in [-0.2, -0.15) is 0 Å². The van der Waals surface area contributed by atoms with Crippen LogP contribution in [0, 0.1) is 6.92 Å². The first-order chi connectivity index (χ1) is 10.9. The molecule has 2 aromatic carbocycles. The predicted octanol–water partition coefficient (Wildman–Crippen LogP) is 2.29. The Labute approximate surface area is 137 Å². The van der Waals surface area contributed by atoms with Crippen molar-refractivity contribution >= 4 is 15.7 Å². The van der Waals surface area contributed by atoms with Crippen LogP contribution in [0.4, 0.5) is 5.69 Å². The van der Waals surface area contributed by atoms with E-state index < -0.39 is 16.1 Å². The van der Waals surface area contributed by atoms with Crippen molar-refractivity contribution in [3.63, 3.8) is 0 Å². The van der Waals surface area contributed by atoms with E-state index in [4.69, 9.17) is 10.8 Å². The standard InChI is InChI=1S/C17H22N2O3S/c1-3-15(11-20)19-23(21,22)16-8-6-13(7-9-16)14-5-4-12(2)17(18)10-14/h4-10,15,19-20H,3,11,18H2,1-2H3. The molecule has 124 valence electrons. The summed E-state index contributed by atoms with van der Waals surface area (Å²) in [5.74, 6) is 0. The molecule has 2 aromatic rings. The highest BCUT2D eigenvalue weighted by molar-refractivity contribution is 7.89. The van der Waals surface area contributed by atoms with Gasteiger partial charge in [0.15, 0.2) is 0 Å². The van der Waals surface area contributed by atoms with Crippen LogP contribution >= 0.6 is 0 Å². The Hall–Kier alpha value is -1.89. The summed E-state index contributed by atoms with van der Waals surface area (Å²) in [7, 11) is -3.63. The molecular weight excluding hydrogens is 312 g/mol. The zero-order valence-corrected chi connectivity index (χ0v) is 14.1. The Balaban J connectivity index is 2.26. The summed E-state index contributed by atoms with van der Waals surface area (Å²) in [6, 6.07) is 11.9. The van der Waals surface area contributed by atoms with Crippen LogP contribution < -0.4 is 10.5 Å². The quantitative estimate of drug-likeness (QED) is 0.707. The first-order valence-electron chi connectivity index (χ1n) is 7.47. The van der Waals surface area contributed by atoms with Crippen LogP contribution in [-0.2, 0) is 10.0 Å². The van der Waals surface area contributed by atoms with Crippen LogP contribution in [0.1, 0.15) is 18.9 Å². The molecule has 0 spiro atoms. The van der Waals surface area contributed by atoms with Crippen LogP contribution in [-0.4, -0.2) is 26.2 Å². The van der Waals surface area contributed by atoms with Gasteiger partial charge in [-0.05, 0) is 48.2 Å². The van der Waals surface area contributed by atoms with E-state index in [1.54, 1.807) is 24.3 Å². The number of hydrogen-bond acceptors (Lipinski definition) is 4. The molecule has 0 aliphatic carbocycles. The van der Waals surface area contributed by atoms with Gasteiger partial charge in [0.25, 0.3) is 0 Å². The van der Waals surface area contributed by atoms with Crippen LogP contribution in [0.5, 0.6) is 0 Å². The van der Waals surface area contributed by atoms with Crippen molar-refractivity contribution in [1.82, 2.24) is 4.72 Å². The smallest absolute Gasteiger partial charge is 0.240 e. The largest absolute Gasteiger partial charge is 0.398 e. The molecule has 4 N–H and O–H groups in total. The third-order valence-electron chi connectivity index (χ3n) is 3.81. The Kier molecular flexibility index (Phi) is 5.41. The summed E-state index contributed by atoms with van der Waals surface area (Å²) < 4.78 is 27.0. The summed E-state index contributed by atoms with van der Waals surface area (Å²) >= 11 is 0. The molecule has 0 radical (unpaired) electrons. The van der Waals surface area contributed by atoms with Gasteiger partial charge in [-0.3, -0.25) is 0 Å². The van der Waals surface area contributed by atoms with Gasteiger partial charge >= 0.3 is 0 Å². The van der Waals surface area contributed by atoms with E-state index in [-0.39, 0.29) is 11.5 Å². The number of rotatable bonds is 6. The average Bonchev–Trinajstić information content (AvgIpc) is 2.55. The van der Waals surface area contributed by atoms with Crippen LogP contribution in [0.15, 0.2) is 47.4 Å². The second kappa shape index (κ2) is 7.12. The zero-order valence-electron chi connectivity index (χ0n) is 13.3. The second-order valence-electron chi connectivity index (χ2n) is 5.50. The van der Waals surface area contributed by atoms with Crippen molar-refractivity contribution < 1.29 is 13.5 Å². The number of benzene rings is 2. The second-order valence-corrected chi connectivity index (χ2v) is 7.22. The van der Waals surface area contributed by atoms with Gasteiger partial charge in [0, 0.05) is 11.7 Å². The molecule has 5 nitrogen and oxygen atoms in total. The lowest BCUT2D eigenvalue weighted by molar-refractivity contribution is 0.254. The molecule has 0 aliphatic rings. The van der Waals surface area contributed by atoms with Gasteiger partial charge in [0.1, 0.15) is 0 Å². The number of nitrogens with two attached hydrogens (primary N) is 1. The summed E-state index contributed by atoms with van der Waals surface area (Å²) in [4.78, 5) is 0.174. The number of sulfonamides is 1. The zero-order chi connectivity index (χ0) is 17.0. The highest BCUT2D eigenvalue weighted by Crippen LogP contribution is 2.25. The van der Waals surface area contributed by atoms with Gasteiger partial charge in [-0.25, -0.2) is 13.1 Å². The molecule has 0 aromatic heterocycles. The van der Waals surface area contributed by atoms with Crippen molar-refractivity contribution in [2.24, 2.45) is 0 Å². The lowest BCUT2D eigenvalue weighted by atomic mass is 10.0. The van der Waals surface area contributed by atoms with E-state index in [1.807, 2.05) is 32.0 Å². The Morgan fingerprint density at radius 2 is 1.74 bits per heavy atom. The molecule has 0 saturated carbocycles. The van der Waals surface area contributed by atoms with Crippen molar-refractivity contribution in [3.8, 4) is 11.1 Å². The molecule has 2 rings (SSSR count). The normalized spacial score (nSPS) is 13.0. The number of hydrogen-bond donors (Lipinski definition) is 3. The molecule has 0 bridgehead atoms. The summed E-state index contributed by atoms with van der Waals surface area (Å²) in [6.45, 7) is 3.52. The Morgan fingerprint density at radius 1 is 1.13 bits per heavy atom. The lowest BCUT2D eigenvalue weighted by Gasteiger charge is -2.14. The SMILES string of the molecule is CCC(CO)NS(=O)(=O)c1ccc(-c2ccc(C)c(N)c2)cc1. The summed E-state index contributed by atoms with van der Waals surface area (Å²) in [5, 5.41) is 9.14. The third-order valence-corrected chi connectivity index (χ3v) is 5.35. The molecule has 0 fully saturated rings. The van der Waals surface area contributed by atoms with Gasteiger partial charge in [-0.15, -0.1) is 0 Å². The van der Waals surface area contributed by atoms with Gasteiger partial charge in [-0.1, -0.05) is 31.2 Å². The summed E-state index contributed by atoms with van der Waals surface area (Å²) in [5.41, 5.74) is 9.45. The Morgan fingerprint density at radius 3 is 2.26 bits per heavy atom. The van der Waals surface area contributed by atoms with Crippen molar-refractivity contribution in [3.05, 3.63) is 48.0 Å². The topological polar surface area (TPSA) is 92.4 Å². The molecule has 0 amide bonds. The highest BCUT2D eigenvalue weighted by Gasteiger charge is 2.18. The van der Waals surface area contributed by atoms with E-state index in [9.17, 15) is 8.42 Å².